The zero-order valence-corrected chi connectivity index (χ0v) is 16.9. The average Bonchev–Trinajstić information content (AvgIpc) is 3.32. The van der Waals surface area contributed by atoms with Crippen molar-refractivity contribution in [3.05, 3.63) is 57.9 Å². The lowest BCUT2D eigenvalue weighted by atomic mass is 10.1. The molecule has 0 atom stereocenters. The number of rotatable bonds is 6. The van der Waals surface area contributed by atoms with E-state index in [4.69, 9.17) is 4.42 Å². The fourth-order valence-electron chi connectivity index (χ4n) is 2.44. The van der Waals surface area contributed by atoms with Gasteiger partial charge < -0.3 is 15.1 Å². The number of benzene rings is 1. The lowest BCUT2D eigenvalue weighted by molar-refractivity contribution is 0.572. The van der Waals surface area contributed by atoms with Crippen molar-refractivity contribution in [1.82, 2.24) is 20.6 Å². The Balaban J connectivity index is 1.52. The van der Waals surface area contributed by atoms with Crippen LogP contribution in [0.2, 0.25) is 0 Å². The molecule has 3 aromatic rings. The third-order valence-electron chi connectivity index (χ3n) is 4.08. The Kier molecular flexibility index (Phi) is 6.24. The van der Waals surface area contributed by atoms with Crippen LogP contribution in [-0.2, 0) is 13.1 Å². The molecule has 2 N–H and O–H groups in total. The summed E-state index contributed by atoms with van der Waals surface area (Å²) in [6.07, 6.45) is 1.67. The summed E-state index contributed by atoms with van der Waals surface area (Å²) in [5, 5.41) is 9.69. The minimum Gasteiger partial charge on any atom is -0.444 e. The van der Waals surface area contributed by atoms with Gasteiger partial charge in [-0.15, -0.1) is 11.3 Å². The molecule has 7 heteroatoms. The molecule has 27 heavy (non-hydrogen) atoms. The van der Waals surface area contributed by atoms with Gasteiger partial charge in [-0.2, -0.15) is 0 Å². The van der Waals surface area contributed by atoms with Gasteiger partial charge in [0, 0.05) is 18.0 Å². The molecule has 0 aliphatic rings. The zero-order chi connectivity index (χ0) is 19.2. The van der Waals surface area contributed by atoms with Crippen molar-refractivity contribution < 1.29 is 4.42 Å². The Morgan fingerprint density at radius 3 is 2.56 bits per heavy atom. The highest BCUT2D eigenvalue weighted by Gasteiger charge is 2.09. The van der Waals surface area contributed by atoms with E-state index in [2.05, 4.69) is 51.7 Å². The predicted molar refractivity (Wildman–Crippen MR) is 110 cm³/mol. The zero-order valence-electron chi connectivity index (χ0n) is 16.1. The van der Waals surface area contributed by atoms with Crippen LogP contribution in [0.4, 0.5) is 0 Å². The van der Waals surface area contributed by atoms with Gasteiger partial charge in [0.25, 0.3) is 0 Å². The Labute approximate surface area is 163 Å². The van der Waals surface area contributed by atoms with E-state index in [0.717, 1.165) is 22.0 Å². The van der Waals surface area contributed by atoms with Crippen LogP contribution >= 0.6 is 11.3 Å². The maximum absolute atomic E-state index is 5.59. The highest BCUT2D eigenvalue weighted by atomic mass is 32.1. The van der Waals surface area contributed by atoms with Crippen LogP contribution in [0.15, 0.2) is 45.3 Å². The highest BCUT2D eigenvalue weighted by Crippen LogP contribution is 2.19. The Morgan fingerprint density at radius 1 is 1.15 bits per heavy atom. The number of hydrogen-bond acceptors (Lipinski definition) is 5. The molecule has 2 aromatic heterocycles. The van der Waals surface area contributed by atoms with Gasteiger partial charge in [-0.3, -0.25) is 4.99 Å². The van der Waals surface area contributed by atoms with Crippen LogP contribution in [0, 0.1) is 6.92 Å². The standard InChI is InChI=1S/C20H25N5OS/c1-13(2)17-12-27-18(25-17)10-23-20(21-4)22-9-16-11-26-19(24-16)15-7-5-14(3)6-8-15/h5-8,11-13H,9-10H2,1-4H3,(H2,21,22,23). The smallest absolute Gasteiger partial charge is 0.226 e. The van der Waals surface area contributed by atoms with Crippen molar-refractivity contribution in [2.75, 3.05) is 7.05 Å². The fourth-order valence-corrected chi connectivity index (χ4v) is 3.34. The monoisotopic (exact) mass is 383 g/mol. The summed E-state index contributed by atoms with van der Waals surface area (Å²) >= 11 is 1.66. The van der Waals surface area contributed by atoms with Crippen molar-refractivity contribution in [3.8, 4) is 11.5 Å². The molecular formula is C20H25N5OS. The highest BCUT2D eigenvalue weighted by molar-refractivity contribution is 7.09. The molecule has 0 saturated heterocycles. The van der Waals surface area contributed by atoms with E-state index in [-0.39, 0.29) is 0 Å². The first-order valence-corrected chi connectivity index (χ1v) is 9.83. The quantitative estimate of drug-likeness (QED) is 0.495. The van der Waals surface area contributed by atoms with E-state index in [9.17, 15) is 0 Å². The molecule has 0 saturated carbocycles. The molecule has 2 heterocycles. The molecule has 142 valence electrons. The van der Waals surface area contributed by atoms with Gasteiger partial charge in [0.1, 0.15) is 11.3 Å². The maximum atomic E-state index is 5.59. The molecule has 3 rings (SSSR count). The Bertz CT molecular complexity index is 895. The van der Waals surface area contributed by atoms with E-state index >= 15 is 0 Å². The SMILES string of the molecule is CN=C(NCc1coc(-c2ccc(C)cc2)n1)NCc1nc(C(C)C)cs1. The largest absolute Gasteiger partial charge is 0.444 e. The summed E-state index contributed by atoms with van der Waals surface area (Å²) in [5.74, 6) is 1.78. The normalized spacial score (nSPS) is 11.8. The summed E-state index contributed by atoms with van der Waals surface area (Å²) in [7, 11) is 1.75. The molecule has 0 spiro atoms. The molecule has 0 unspecified atom stereocenters. The third kappa shape index (κ3) is 5.17. The number of guanidine groups is 1. The topological polar surface area (TPSA) is 75.3 Å². The molecule has 0 fully saturated rings. The molecule has 0 aliphatic heterocycles. The summed E-state index contributed by atoms with van der Waals surface area (Å²) in [4.78, 5) is 13.4. The number of hydrogen-bond donors (Lipinski definition) is 2. The van der Waals surface area contributed by atoms with Crippen molar-refractivity contribution >= 4 is 17.3 Å². The fraction of sp³-hybridized carbons (Fsp3) is 0.350. The Hall–Kier alpha value is -2.67. The van der Waals surface area contributed by atoms with Crippen LogP contribution in [0.1, 0.15) is 41.7 Å². The van der Waals surface area contributed by atoms with Gasteiger partial charge in [0.2, 0.25) is 5.89 Å². The van der Waals surface area contributed by atoms with Gasteiger partial charge in [0.15, 0.2) is 5.96 Å². The third-order valence-corrected chi connectivity index (χ3v) is 4.95. The number of oxazole rings is 1. The molecule has 6 nitrogen and oxygen atoms in total. The van der Waals surface area contributed by atoms with Crippen LogP contribution in [-0.4, -0.2) is 23.0 Å². The number of aromatic nitrogens is 2. The first kappa shape index (κ1) is 19.1. The average molecular weight is 384 g/mol. The second kappa shape index (κ2) is 8.81. The lowest BCUT2D eigenvalue weighted by Gasteiger charge is -2.09. The molecule has 1 aromatic carbocycles. The van der Waals surface area contributed by atoms with E-state index in [0.29, 0.717) is 30.9 Å². The lowest BCUT2D eigenvalue weighted by Crippen LogP contribution is -2.36. The first-order chi connectivity index (χ1) is 13.0. The van der Waals surface area contributed by atoms with Crippen LogP contribution in [0.3, 0.4) is 0 Å². The second-order valence-electron chi connectivity index (χ2n) is 6.61. The minimum absolute atomic E-state index is 0.447. The van der Waals surface area contributed by atoms with Gasteiger partial charge in [0.05, 0.1) is 24.5 Å². The molecular weight excluding hydrogens is 358 g/mol. The van der Waals surface area contributed by atoms with E-state index in [1.165, 1.54) is 5.56 Å². The van der Waals surface area contributed by atoms with E-state index in [1.54, 1.807) is 24.6 Å². The van der Waals surface area contributed by atoms with E-state index in [1.807, 2.05) is 24.3 Å². The minimum atomic E-state index is 0.447. The van der Waals surface area contributed by atoms with Crippen molar-refractivity contribution in [1.29, 1.82) is 0 Å². The van der Waals surface area contributed by atoms with Crippen LogP contribution < -0.4 is 10.6 Å². The van der Waals surface area contributed by atoms with Gasteiger partial charge in [-0.25, -0.2) is 9.97 Å². The number of aliphatic imine (C=N–C) groups is 1. The van der Waals surface area contributed by atoms with Crippen molar-refractivity contribution in [3.63, 3.8) is 0 Å². The molecule has 0 aliphatic carbocycles. The number of thiazole rings is 1. The molecule has 0 radical (unpaired) electrons. The predicted octanol–water partition coefficient (Wildman–Crippen LogP) is 4.10. The summed E-state index contributed by atoms with van der Waals surface area (Å²) in [6, 6.07) is 8.12. The first-order valence-electron chi connectivity index (χ1n) is 8.95. The van der Waals surface area contributed by atoms with Gasteiger partial charge in [-0.05, 0) is 25.0 Å². The number of aryl methyl sites for hydroxylation is 1. The van der Waals surface area contributed by atoms with Crippen LogP contribution in [0.25, 0.3) is 11.5 Å². The van der Waals surface area contributed by atoms with Crippen LogP contribution in [0.5, 0.6) is 0 Å². The molecule has 0 bridgehead atoms. The summed E-state index contributed by atoms with van der Waals surface area (Å²) < 4.78 is 5.59. The summed E-state index contributed by atoms with van der Waals surface area (Å²) in [6.45, 7) is 7.53. The number of nitrogens with one attached hydrogen (secondary N) is 2. The van der Waals surface area contributed by atoms with Crippen molar-refractivity contribution in [2.45, 2.75) is 39.8 Å². The maximum Gasteiger partial charge on any atom is 0.226 e. The number of nitrogens with zero attached hydrogens (tertiary/aromatic N) is 3. The van der Waals surface area contributed by atoms with Crippen molar-refractivity contribution in [2.24, 2.45) is 4.99 Å². The summed E-state index contributed by atoms with van der Waals surface area (Å²) in [5.41, 5.74) is 4.14. The van der Waals surface area contributed by atoms with Gasteiger partial charge >= 0.3 is 0 Å². The Morgan fingerprint density at radius 2 is 1.89 bits per heavy atom. The van der Waals surface area contributed by atoms with Gasteiger partial charge in [-0.1, -0.05) is 31.5 Å². The second-order valence-corrected chi connectivity index (χ2v) is 7.55. The van der Waals surface area contributed by atoms with E-state index < -0.39 is 0 Å². The molecule has 0 amide bonds.